The van der Waals surface area contributed by atoms with Crippen molar-refractivity contribution in [3.63, 3.8) is 0 Å². The number of hydrogen-bond acceptors (Lipinski definition) is 2. The van der Waals surface area contributed by atoms with E-state index in [-0.39, 0.29) is 0 Å². The molecular formula is C17H24N2. The molecular weight excluding hydrogens is 232 g/mol. The van der Waals surface area contributed by atoms with Gasteiger partial charge >= 0.3 is 0 Å². The molecule has 0 heterocycles. The smallest absolute Gasteiger partial charge is 0.0991 e. The zero-order chi connectivity index (χ0) is 13.7. The largest absolute Gasteiger partial charge is 0.307 e. The number of nitrogens with zero attached hydrogens (tertiary/aromatic N) is 1. The maximum atomic E-state index is 8.82. The summed E-state index contributed by atoms with van der Waals surface area (Å²) in [6.45, 7) is 4.52. The number of nitrogens with one attached hydrogen (secondary N) is 1. The third-order valence-electron chi connectivity index (χ3n) is 4.41. The number of benzene rings is 1. The molecule has 0 spiro atoms. The number of hydrogen-bond donors (Lipinski definition) is 1. The van der Waals surface area contributed by atoms with Crippen LogP contribution in [0.25, 0.3) is 0 Å². The molecule has 1 aliphatic rings. The molecule has 0 saturated heterocycles. The van der Waals surface area contributed by atoms with Gasteiger partial charge in [-0.2, -0.15) is 5.26 Å². The molecule has 1 aromatic rings. The second-order valence-corrected chi connectivity index (χ2v) is 5.81. The molecule has 0 radical (unpaired) electrons. The standard InChI is InChI=1S/C17H24N2/c1-13(16-6-4-3-5-7-16)19-14(2)17-10-8-15(12-18)9-11-17/h8-11,13-14,16,19H,3-7H2,1-2H3/t13-,14?/m1/s1. The van der Waals surface area contributed by atoms with E-state index in [2.05, 4.69) is 37.4 Å². The van der Waals surface area contributed by atoms with Crippen LogP contribution in [-0.4, -0.2) is 6.04 Å². The summed E-state index contributed by atoms with van der Waals surface area (Å²) in [5.74, 6) is 0.828. The average molecular weight is 256 g/mol. The molecule has 2 nitrogen and oxygen atoms in total. The predicted octanol–water partition coefficient (Wildman–Crippen LogP) is 4.18. The molecule has 2 atom stereocenters. The Balaban J connectivity index is 1.91. The fourth-order valence-corrected chi connectivity index (χ4v) is 3.11. The Kier molecular flexibility index (Phi) is 4.99. The van der Waals surface area contributed by atoms with E-state index in [1.54, 1.807) is 0 Å². The minimum absolute atomic E-state index is 0.352. The van der Waals surface area contributed by atoms with Crippen molar-refractivity contribution >= 4 is 0 Å². The highest BCUT2D eigenvalue weighted by molar-refractivity contribution is 5.32. The van der Waals surface area contributed by atoms with Crippen LogP contribution in [0.4, 0.5) is 0 Å². The molecule has 1 fully saturated rings. The van der Waals surface area contributed by atoms with Gasteiger partial charge in [0.15, 0.2) is 0 Å². The van der Waals surface area contributed by atoms with Gasteiger partial charge in [-0.05, 0) is 50.3 Å². The predicted molar refractivity (Wildman–Crippen MR) is 78.7 cm³/mol. The Bertz CT molecular complexity index is 424. The molecule has 1 aliphatic carbocycles. The summed E-state index contributed by atoms with van der Waals surface area (Å²) in [5, 5.41) is 12.5. The summed E-state index contributed by atoms with van der Waals surface area (Å²) in [5.41, 5.74) is 2.00. The van der Waals surface area contributed by atoms with Gasteiger partial charge in [0.05, 0.1) is 11.6 Å². The Morgan fingerprint density at radius 2 is 1.74 bits per heavy atom. The molecule has 102 valence electrons. The van der Waals surface area contributed by atoms with Gasteiger partial charge in [0, 0.05) is 12.1 Å². The first-order valence-electron chi connectivity index (χ1n) is 7.47. The maximum Gasteiger partial charge on any atom is 0.0991 e. The van der Waals surface area contributed by atoms with Gasteiger partial charge in [-0.1, -0.05) is 31.4 Å². The summed E-state index contributed by atoms with van der Waals surface area (Å²) in [4.78, 5) is 0. The van der Waals surface area contributed by atoms with E-state index in [0.717, 1.165) is 11.5 Å². The van der Waals surface area contributed by atoms with Gasteiger partial charge < -0.3 is 5.32 Å². The molecule has 0 amide bonds. The minimum atomic E-state index is 0.352. The highest BCUT2D eigenvalue weighted by Crippen LogP contribution is 2.27. The number of nitriles is 1. The maximum absolute atomic E-state index is 8.82. The van der Waals surface area contributed by atoms with Crippen molar-refractivity contribution in [2.24, 2.45) is 5.92 Å². The van der Waals surface area contributed by atoms with Gasteiger partial charge in [0.25, 0.3) is 0 Å². The third-order valence-corrected chi connectivity index (χ3v) is 4.41. The SMILES string of the molecule is CC(N[C@H](C)C1CCCCC1)c1ccc(C#N)cc1. The second-order valence-electron chi connectivity index (χ2n) is 5.81. The zero-order valence-corrected chi connectivity index (χ0v) is 12.0. The Morgan fingerprint density at radius 1 is 1.11 bits per heavy atom. The van der Waals surface area contributed by atoms with Crippen molar-refractivity contribution < 1.29 is 0 Å². The van der Waals surface area contributed by atoms with E-state index in [1.165, 1.54) is 37.7 Å². The van der Waals surface area contributed by atoms with Gasteiger partial charge in [0.2, 0.25) is 0 Å². The third kappa shape index (κ3) is 3.81. The molecule has 1 N–H and O–H groups in total. The van der Waals surface area contributed by atoms with Crippen molar-refractivity contribution in [2.75, 3.05) is 0 Å². The van der Waals surface area contributed by atoms with E-state index in [0.29, 0.717) is 12.1 Å². The van der Waals surface area contributed by atoms with Crippen molar-refractivity contribution in [3.05, 3.63) is 35.4 Å². The second kappa shape index (κ2) is 6.73. The first kappa shape index (κ1) is 14.1. The van der Waals surface area contributed by atoms with Gasteiger partial charge in [-0.15, -0.1) is 0 Å². The highest BCUT2D eigenvalue weighted by Gasteiger charge is 2.21. The van der Waals surface area contributed by atoms with E-state index >= 15 is 0 Å². The fourth-order valence-electron chi connectivity index (χ4n) is 3.11. The quantitative estimate of drug-likeness (QED) is 0.877. The summed E-state index contributed by atoms with van der Waals surface area (Å²) < 4.78 is 0. The molecule has 2 rings (SSSR count). The molecule has 1 aromatic carbocycles. The fraction of sp³-hybridized carbons (Fsp3) is 0.588. The Morgan fingerprint density at radius 3 is 2.32 bits per heavy atom. The van der Waals surface area contributed by atoms with Crippen molar-refractivity contribution in [2.45, 2.75) is 58.0 Å². The molecule has 2 heteroatoms. The molecule has 1 saturated carbocycles. The lowest BCUT2D eigenvalue weighted by molar-refractivity contribution is 0.268. The van der Waals surface area contributed by atoms with Gasteiger partial charge in [0.1, 0.15) is 0 Å². The van der Waals surface area contributed by atoms with Crippen LogP contribution in [0.15, 0.2) is 24.3 Å². The van der Waals surface area contributed by atoms with E-state index in [9.17, 15) is 0 Å². The summed E-state index contributed by atoms with van der Waals surface area (Å²) >= 11 is 0. The van der Waals surface area contributed by atoms with Crippen LogP contribution in [0.3, 0.4) is 0 Å². The molecule has 19 heavy (non-hydrogen) atoms. The van der Waals surface area contributed by atoms with Crippen LogP contribution < -0.4 is 5.32 Å². The summed E-state index contributed by atoms with van der Waals surface area (Å²) in [6.07, 6.45) is 6.93. The topological polar surface area (TPSA) is 35.8 Å². The number of rotatable bonds is 4. The molecule has 0 aliphatic heterocycles. The van der Waals surface area contributed by atoms with Crippen LogP contribution in [0.5, 0.6) is 0 Å². The van der Waals surface area contributed by atoms with Gasteiger partial charge in [-0.3, -0.25) is 0 Å². The van der Waals surface area contributed by atoms with Crippen LogP contribution in [0.1, 0.15) is 63.1 Å². The average Bonchev–Trinajstić information content (AvgIpc) is 2.48. The van der Waals surface area contributed by atoms with Gasteiger partial charge in [-0.25, -0.2) is 0 Å². The first-order valence-corrected chi connectivity index (χ1v) is 7.47. The van der Waals surface area contributed by atoms with Crippen LogP contribution in [0, 0.1) is 17.2 Å². The van der Waals surface area contributed by atoms with E-state index in [1.807, 2.05) is 12.1 Å². The van der Waals surface area contributed by atoms with Crippen LogP contribution >= 0.6 is 0 Å². The lowest BCUT2D eigenvalue weighted by atomic mass is 9.84. The molecule has 0 bridgehead atoms. The highest BCUT2D eigenvalue weighted by atomic mass is 14.9. The van der Waals surface area contributed by atoms with Crippen molar-refractivity contribution in [1.82, 2.24) is 5.32 Å². The zero-order valence-electron chi connectivity index (χ0n) is 12.0. The normalized spacial score (nSPS) is 19.6. The lowest BCUT2D eigenvalue weighted by Crippen LogP contribution is -2.36. The summed E-state index contributed by atoms with van der Waals surface area (Å²) in [6, 6.07) is 11.0. The Labute approximate surface area is 116 Å². The van der Waals surface area contributed by atoms with Crippen molar-refractivity contribution in [3.8, 4) is 6.07 Å². The first-order chi connectivity index (χ1) is 9.20. The molecule has 1 unspecified atom stereocenters. The lowest BCUT2D eigenvalue weighted by Gasteiger charge is -2.30. The van der Waals surface area contributed by atoms with Crippen LogP contribution in [0.2, 0.25) is 0 Å². The molecule has 0 aromatic heterocycles. The Hall–Kier alpha value is -1.33. The van der Waals surface area contributed by atoms with E-state index in [4.69, 9.17) is 5.26 Å². The van der Waals surface area contributed by atoms with Crippen molar-refractivity contribution in [1.29, 1.82) is 5.26 Å². The summed E-state index contributed by atoms with van der Waals surface area (Å²) in [7, 11) is 0. The van der Waals surface area contributed by atoms with Crippen LogP contribution in [-0.2, 0) is 0 Å². The minimum Gasteiger partial charge on any atom is -0.307 e. The monoisotopic (exact) mass is 256 g/mol. The van der Waals surface area contributed by atoms with E-state index < -0.39 is 0 Å².